The first kappa shape index (κ1) is 22.5. The maximum absolute atomic E-state index is 9.25. The Morgan fingerprint density at radius 3 is 1.73 bits per heavy atom. The van der Waals surface area contributed by atoms with Crippen LogP contribution in [-0.2, 0) is 4.79 Å². The number of rotatable bonds is 10. The van der Waals surface area contributed by atoms with Gasteiger partial charge in [0, 0.05) is 6.08 Å². The molecule has 2 nitrogen and oxygen atoms in total. The number of unbranched alkanes of at least 4 members (excludes halogenated alkanes) is 5. The SMILES string of the molecule is C=CC(=O)O.CCCCCCC[CH2][Sn]([c]1ccccc1)[c]1ccccc1. The Kier molecular flexibility index (Phi) is 12.6. The zero-order valence-electron chi connectivity index (χ0n) is 15.9. The van der Waals surface area contributed by atoms with Crippen molar-refractivity contribution in [2.24, 2.45) is 0 Å². The fourth-order valence-electron chi connectivity index (χ4n) is 2.82. The molecule has 2 rings (SSSR count). The van der Waals surface area contributed by atoms with E-state index in [4.69, 9.17) is 5.11 Å². The minimum absolute atomic E-state index is 0.833. The second-order valence-electron chi connectivity index (χ2n) is 6.27. The molecule has 0 spiro atoms. The Bertz CT molecular complexity index is 571. The molecule has 0 aromatic heterocycles. The standard InChI is InChI=1S/C8H17.2C6H5.C3H4O2.Sn/c1-3-5-7-8-6-4-2;2*1-2-4-6-5-3-1;1-2-3(4)5;/h1,3-8H2,2H3;2*1-5H;2H,1H2,(H,4,5);. The Morgan fingerprint density at radius 2 is 1.31 bits per heavy atom. The molecule has 0 fully saturated rings. The number of carboxylic acids is 1. The first-order valence-electron chi connectivity index (χ1n) is 9.51. The topological polar surface area (TPSA) is 37.3 Å². The van der Waals surface area contributed by atoms with Gasteiger partial charge in [0.15, 0.2) is 0 Å². The summed E-state index contributed by atoms with van der Waals surface area (Å²) in [5, 5.41) is 7.60. The average molecular weight is 458 g/mol. The molecule has 139 valence electrons. The Balaban J connectivity index is 0.000000597. The van der Waals surface area contributed by atoms with Gasteiger partial charge in [-0.1, -0.05) is 6.58 Å². The van der Waals surface area contributed by atoms with Crippen LogP contribution in [0.25, 0.3) is 0 Å². The van der Waals surface area contributed by atoms with Crippen LogP contribution in [0.3, 0.4) is 0 Å². The van der Waals surface area contributed by atoms with E-state index in [1.165, 1.54) is 43.0 Å². The number of hydrogen-bond acceptors (Lipinski definition) is 1. The Morgan fingerprint density at radius 1 is 0.885 bits per heavy atom. The molecule has 0 saturated carbocycles. The quantitative estimate of drug-likeness (QED) is 0.312. The van der Waals surface area contributed by atoms with E-state index in [9.17, 15) is 4.79 Å². The third kappa shape index (κ3) is 9.81. The second-order valence-corrected chi connectivity index (χ2v) is 13.7. The van der Waals surface area contributed by atoms with Crippen LogP contribution in [0.5, 0.6) is 0 Å². The van der Waals surface area contributed by atoms with Crippen LogP contribution in [0.1, 0.15) is 45.4 Å². The molecule has 0 atom stereocenters. The molecule has 0 heterocycles. The van der Waals surface area contributed by atoms with Crippen LogP contribution >= 0.6 is 0 Å². The molecule has 1 N–H and O–H groups in total. The van der Waals surface area contributed by atoms with Crippen molar-refractivity contribution in [2.45, 2.75) is 49.9 Å². The van der Waals surface area contributed by atoms with Crippen LogP contribution < -0.4 is 7.16 Å². The zero-order valence-corrected chi connectivity index (χ0v) is 18.7. The van der Waals surface area contributed by atoms with Gasteiger partial charge >= 0.3 is 143 Å². The summed E-state index contributed by atoms with van der Waals surface area (Å²) in [6.45, 7) is 5.25. The van der Waals surface area contributed by atoms with Crippen LogP contribution in [0.4, 0.5) is 0 Å². The molecule has 26 heavy (non-hydrogen) atoms. The van der Waals surface area contributed by atoms with Gasteiger partial charge in [0.25, 0.3) is 0 Å². The summed E-state index contributed by atoms with van der Waals surface area (Å²) in [5.74, 6) is -0.981. The summed E-state index contributed by atoms with van der Waals surface area (Å²) in [5.41, 5.74) is 0. The monoisotopic (exact) mass is 459 g/mol. The number of benzene rings is 2. The fraction of sp³-hybridized carbons (Fsp3) is 0.348. The van der Waals surface area contributed by atoms with Crippen LogP contribution in [0.15, 0.2) is 73.3 Å². The number of aliphatic carboxylic acids is 1. The summed E-state index contributed by atoms with van der Waals surface area (Å²) in [6.07, 6.45) is 9.27. The van der Waals surface area contributed by atoms with Gasteiger partial charge in [-0.05, 0) is 0 Å². The molecule has 0 unspecified atom stereocenters. The van der Waals surface area contributed by atoms with Crippen molar-refractivity contribution in [1.29, 1.82) is 0 Å². The zero-order chi connectivity index (χ0) is 19.0. The maximum atomic E-state index is 9.25. The Labute approximate surface area is 165 Å². The normalized spacial score (nSPS) is 10.1. The molecule has 3 heteroatoms. The molecule has 0 aliphatic rings. The third-order valence-electron chi connectivity index (χ3n) is 4.20. The van der Waals surface area contributed by atoms with Gasteiger partial charge in [-0.25, -0.2) is 4.79 Å². The van der Waals surface area contributed by atoms with Crippen LogP contribution in [0.2, 0.25) is 4.44 Å². The number of carbonyl (C=O) groups is 1. The first-order chi connectivity index (χ1) is 12.7. The van der Waals surface area contributed by atoms with Crippen molar-refractivity contribution in [1.82, 2.24) is 0 Å². The number of hydrogen-bond donors (Lipinski definition) is 1. The van der Waals surface area contributed by atoms with E-state index in [0.29, 0.717) is 0 Å². The van der Waals surface area contributed by atoms with Gasteiger partial charge in [-0.3, -0.25) is 0 Å². The molecule has 1 radical (unpaired) electrons. The molecule has 2 aromatic carbocycles. The molecule has 0 amide bonds. The van der Waals surface area contributed by atoms with Crippen molar-refractivity contribution in [3.63, 3.8) is 0 Å². The molecule has 0 saturated heterocycles. The van der Waals surface area contributed by atoms with Gasteiger partial charge in [0.2, 0.25) is 0 Å². The van der Waals surface area contributed by atoms with Gasteiger partial charge in [0.05, 0.1) is 0 Å². The fourth-order valence-corrected chi connectivity index (χ4v) is 10.5. The molecular weight excluding hydrogens is 427 g/mol. The van der Waals surface area contributed by atoms with Gasteiger partial charge in [-0.2, -0.15) is 0 Å². The van der Waals surface area contributed by atoms with E-state index in [-0.39, 0.29) is 0 Å². The van der Waals surface area contributed by atoms with Crippen LogP contribution in [-0.4, -0.2) is 30.8 Å². The van der Waals surface area contributed by atoms with Gasteiger partial charge in [-0.15, -0.1) is 0 Å². The van der Waals surface area contributed by atoms with E-state index in [0.717, 1.165) is 6.08 Å². The summed E-state index contributed by atoms with van der Waals surface area (Å²) in [6, 6.07) is 22.6. The van der Waals surface area contributed by atoms with Gasteiger partial charge in [0.1, 0.15) is 0 Å². The van der Waals surface area contributed by atoms with Crippen molar-refractivity contribution in [3.8, 4) is 0 Å². The predicted octanol–water partition coefficient (Wildman–Crippen LogP) is 4.91. The summed E-state index contributed by atoms with van der Waals surface area (Å²) < 4.78 is 4.77. The van der Waals surface area contributed by atoms with Crippen molar-refractivity contribution in [2.75, 3.05) is 0 Å². The van der Waals surface area contributed by atoms with E-state index in [1.54, 1.807) is 7.16 Å². The van der Waals surface area contributed by atoms with Crippen molar-refractivity contribution < 1.29 is 9.90 Å². The molecule has 0 aliphatic carbocycles. The Hall–Kier alpha value is -1.55. The second kappa shape index (κ2) is 14.6. The molecule has 0 aliphatic heterocycles. The van der Waals surface area contributed by atoms with Crippen molar-refractivity contribution >= 4 is 32.9 Å². The van der Waals surface area contributed by atoms with E-state index < -0.39 is 25.7 Å². The van der Waals surface area contributed by atoms with Crippen LogP contribution in [0, 0.1) is 0 Å². The summed E-state index contributed by atoms with van der Waals surface area (Å²) in [7, 11) is 0. The minimum atomic E-state index is -1.66. The van der Waals surface area contributed by atoms with E-state index in [2.05, 4.69) is 74.2 Å². The van der Waals surface area contributed by atoms with Crippen molar-refractivity contribution in [3.05, 3.63) is 73.3 Å². The average Bonchev–Trinajstić information content (AvgIpc) is 2.69. The number of carboxylic acid groups (broad SMARTS) is 1. The predicted molar refractivity (Wildman–Crippen MR) is 114 cm³/mol. The van der Waals surface area contributed by atoms with E-state index in [1.807, 2.05) is 0 Å². The summed E-state index contributed by atoms with van der Waals surface area (Å²) in [4.78, 5) is 9.25. The molecule has 2 aromatic rings. The third-order valence-corrected chi connectivity index (χ3v) is 12.5. The first-order valence-corrected chi connectivity index (χ1v) is 14.4. The van der Waals surface area contributed by atoms with Gasteiger partial charge < -0.3 is 5.11 Å². The molecule has 0 bridgehead atoms. The summed E-state index contributed by atoms with van der Waals surface area (Å²) >= 11 is -1.66. The molecular formula is C23H31O2Sn. The van der Waals surface area contributed by atoms with E-state index >= 15 is 0 Å².